The van der Waals surface area contributed by atoms with E-state index in [4.69, 9.17) is 23.2 Å². The highest BCUT2D eigenvalue weighted by molar-refractivity contribution is 7.16. The highest BCUT2D eigenvalue weighted by Crippen LogP contribution is 2.31. The average molecular weight is 342 g/mol. The molecule has 9 heteroatoms. The molecule has 0 spiro atoms. The van der Waals surface area contributed by atoms with Crippen LogP contribution in [0.25, 0.3) is 0 Å². The van der Waals surface area contributed by atoms with Crippen LogP contribution in [0.2, 0.25) is 9.49 Å². The SMILES string of the molecule is CC(Nc1cc(Cl)nc(C(F)(F)F)n1)c1ccc(Cl)s1. The number of nitrogens with one attached hydrogen (secondary N) is 1. The first-order valence-corrected chi connectivity index (χ1v) is 6.96. The first-order valence-electron chi connectivity index (χ1n) is 5.39. The Balaban J connectivity index is 2.23. The van der Waals surface area contributed by atoms with E-state index in [0.717, 1.165) is 4.88 Å². The Morgan fingerprint density at radius 1 is 1.25 bits per heavy atom. The molecule has 0 aliphatic rings. The molecule has 1 unspecified atom stereocenters. The predicted octanol–water partition coefficient (Wildman–Crippen LogP) is 5.04. The molecule has 0 aromatic carbocycles. The van der Waals surface area contributed by atoms with Crippen molar-refractivity contribution in [2.75, 3.05) is 5.32 Å². The van der Waals surface area contributed by atoms with Crippen LogP contribution in [0.1, 0.15) is 23.7 Å². The number of rotatable bonds is 3. The minimum absolute atomic E-state index is 0.00866. The van der Waals surface area contributed by atoms with E-state index in [-0.39, 0.29) is 17.0 Å². The normalized spacial score (nSPS) is 13.3. The lowest BCUT2D eigenvalue weighted by molar-refractivity contribution is -0.144. The summed E-state index contributed by atoms with van der Waals surface area (Å²) in [5.41, 5.74) is 0. The second kappa shape index (κ2) is 5.75. The fourth-order valence-electron chi connectivity index (χ4n) is 1.47. The van der Waals surface area contributed by atoms with Crippen LogP contribution in [0.3, 0.4) is 0 Å². The first kappa shape index (κ1) is 15.3. The number of aromatic nitrogens is 2. The average Bonchev–Trinajstić information content (AvgIpc) is 2.74. The quantitative estimate of drug-likeness (QED) is 0.795. The van der Waals surface area contributed by atoms with E-state index in [0.29, 0.717) is 4.34 Å². The fraction of sp³-hybridized carbons (Fsp3) is 0.273. The van der Waals surface area contributed by atoms with Crippen LogP contribution in [0.15, 0.2) is 18.2 Å². The molecule has 3 nitrogen and oxygen atoms in total. The number of hydrogen-bond donors (Lipinski definition) is 1. The molecule has 0 saturated carbocycles. The van der Waals surface area contributed by atoms with Gasteiger partial charge in [0.1, 0.15) is 11.0 Å². The molecule has 20 heavy (non-hydrogen) atoms. The third-order valence-corrected chi connectivity index (χ3v) is 3.94. The number of alkyl halides is 3. The maximum absolute atomic E-state index is 12.6. The van der Waals surface area contributed by atoms with Crippen LogP contribution in [-0.4, -0.2) is 9.97 Å². The van der Waals surface area contributed by atoms with Crippen molar-refractivity contribution < 1.29 is 13.2 Å². The highest BCUT2D eigenvalue weighted by Gasteiger charge is 2.35. The number of hydrogen-bond acceptors (Lipinski definition) is 4. The summed E-state index contributed by atoms with van der Waals surface area (Å²) >= 11 is 12.7. The number of anilines is 1. The molecule has 1 N–H and O–H groups in total. The predicted molar refractivity (Wildman–Crippen MR) is 73.4 cm³/mol. The summed E-state index contributed by atoms with van der Waals surface area (Å²) in [5.74, 6) is -1.27. The Bertz CT molecular complexity index is 615. The second-order valence-electron chi connectivity index (χ2n) is 3.91. The van der Waals surface area contributed by atoms with Gasteiger partial charge < -0.3 is 5.32 Å². The van der Waals surface area contributed by atoms with Gasteiger partial charge in [0.2, 0.25) is 5.82 Å². The molecular formula is C11H8Cl2F3N3S. The van der Waals surface area contributed by atoms with Gasteiger partial charge >= 0.3 is 6.18 Å². The zero-order valence-electron chi connectivity index (χ0n) is 10.0. The van der Waals surface area contributed by atoms with Gasteiger partial charge in [-0.3, -0.25) is 0 Å². The van der Waals surface area contributed by atoms with Crippen molar-refractivity contribution >= 4 is 40.4 Å². The summed E-state index contributed by atoms with van der Waals surface area (Å²) in [5, 5.41) is 2.57. The maximum Gasteiger partial charge on any atom is 0.451 e. The highest BCUT2D eigenvalue weighted by atomic mass is 35.5. The molecule has 1 atom stereocenters. The van der Waals surface area contributed by atoms with Gasteiger partial charge in [0, 0.05) is 10.9 Å². The van der Waals surface area contributed by atoms with Crippen molar-refractivity contribution in [3.8, 4) is 0 Å². The van der Waals surface area contributed by atoms with Gasteiger partial charge in [-0.05, 0) is 19.1 Å². The van der Waals surface area contributed by atoms with Gasteiger partial charge in [0.15, 0.2) is 0 Å². The molecule has 2 rings (SSSR count). The maximum atomic E-state index is 12.6. The number of nitrogens with zero attached hydrogens (tertiary/aromatic N) is 2. The smallest absolute Gasteiger partial charge is 0.363 e. The standard InChI is InChI=1S/C11H8Cl2F3N3S/c1-5(6-2-3-8(13)20-6)17-9-4-7(12)18-10(19-9)11(14,15)16/h2-5H,1H3,(H,17,18,19). The fourth-order valence-corrected chi connectivity index (χ4v) is 2.72. The first-order chi connectivity index (χ1) is 9.25. The molecule has 0 amide bonds. The topological polar surface area (TPSA) is 37.8 Å². The zero-order valence-corrected chi connectivity index (χ0v) is 12.3. The van der Waals surface area contributed by atoms with Crippen molar-refractivity contribution in [1.29, 1.82) is 0 Å². The van der Waals surface area contributed by atoms with Crippen LogP contribution < -0.4 is 5.32 Å². The Labute approximate surface area is 126 Å². The van der Waals surface area contributed by atoms with Gasteiger partial charge in [0.05, 0.1) is 10.4 Å². The van der Waals surface area contributed by atoms with Crippen LogP contribution in [0, 0.1) is 0 Å². The molecule has 0 aliphatic heterocycles. The monoisotopic (exact) mass is 341 g/mol. The summed E-state index contributed by atoms with van der Waals surface area (Å²) in [7, 11) is 0. The summed E-state index contributed by atoms with van der Waals surface area (Å²) in [6.45, 7) is 1.78. The van der Waals surface area contributed by atoms with E-state index in [1.54, 1.807) is 19.1 Å². The Morgan fingerprint density at radius 2 is 1.95 bits per heavy atom. The Kier molecular flexibility index (Phi) is 4.41. The zero-order chi connectivity index (χ0) is 14.9. The van der Waals surface area contributed by atoms with Gasteiger partial charge in [0.25, 0.3) is 0 Å². The number of thiophene rings is 1. The third-order valence-electron chi connectivity index (χ3n) is 2.33. The van der Waals surface area contributed by atoms with Crippen LogP contribution in [0.5, 0.6) is 0 Å². The van der Waals surface area contributed by atoms with Crippen LogP contribution in [0.4, 0.5) is 19.0 Å². The molecule has 2 aromatic heterocycles. The van der Waals surface area contributed by atoms with Crippen LogP contribution in [-0.2, 0) is 6.18 Å². The molecule has 0 aliphatic carbocycles. The van der Waals surface area contributed by atoms with Crippen molar-refractivity contribution in [2.45, 2.75) is 19.1 Å². The van der Waals surface area contributed by atoms with E-state index in [2.05, 4.69) is 15.3 Å². The van der Waals surface area contributed by atoms with Crippen molar-refractivity contribution in [3.63, 3.8) is 0 Å². The van der Waals surface area contributed by atoms with E-state index in [9.17, 15) is 13.2 Å². The van der Waals surface area contributed by atoms with Gasteiger partial charge in [-0.1, -0.05) is 23.2 Å². The molecule has 108 valence electrons. The van der Waals surface area contributed by atoms with E-state index >= 15 is 0 Å². The van der Waals surface area contributed by atoms with Crippen molar-refractivity contribution in [2.24, 2.45) is 0 Å². The van der Waals surface area contributed by atoms with E-state index < -0.39 is 12.0 Å². The number of halogens is 5. The molecule has 0 bridgehead atoms. The van der Waals surface area contributed by atoms with E-state index in [1.807, 2.05) is 0 Å². The lowest BCUT2D eigenvalue weighted by Gasteiger charge is -2.14. The summed E-state index contributed by atoms with van der Waals surface area (Å²) < 4.78 is 38.4. The van der Waals surface area contributed by atoms with Gasteiger partial charge in [-0.2, -0.15) is 13.2 Å². The Morgan fingerprint density at radius 3 is 2.50 bits per heavy atom. The minimum Gasteiger partial charge on any atom is -0.363 e. The summed E-state index contributed by atoms with van der Waals surface area (Å²) in [6.07, 6.45) is -4.64. The second-order valence-corrected chi connectivity index (χ2v) is 6.04. The Hall–Kier alpha value is -1.05. The van der Waals surface area contributed by atoms with Crippen molar-refractivity contribution in [3.05, 3.63) is 38.4 Å². The molecule has 2 aromatic rings. The lowest BCUT2D eigenvalue weighted by Crippen LogP contribution is -2.14. The molecular weight excluding hydrogens is 334 g/mol. The molecule has 0 fully saturated rings. The molecule has 0 saturated heterocycles. The van der Waals surface area contributed by atoms with Crippen molar-refractivity contribution in [1.82, 2.24) is 9.97 Å². The summed E-state index contributed by atoms with van der Waals surface area (Å²) in [4.78, 5) is 7.45. The molecule has 2 heterocycles. The minimum atomic E-state index is -4.64. The third kappa shape index (κ3) is 3.74. The molecule has 0 radical (unpaired) electrons. The van der Waals surface area contributed by atoms with Gasteiger partial charge in [-0.15, -0.1) is 11.3 Å². The summed E-state index contributed by atoms with van der Waals surface area (Å²) in [6, 6.07) is 4.49. The lowest BCUT2D eigenvalue weighted by atomic mass is 10.3. The van der Waals surface area contributed by atoms with E-state index in [1.165, 1.54) is 17.4 Å². The van der Waals surface area contributed by atoms with Crippen LogP contribution >= 0.6 is 34.5 Å². The van der Waals surface area contributed by atoms with Gasteiger partial charge in [-0.25, -0.2) is 9.97 Å². The largest absolute Gasteiger partial charge is 0.451 e.